The molecule has 2 amide bonds. The Morgan fingerprint density at radius 1 is 1.04 bits per heavy atom. The van der Waals surface area contributed by atoms with Crippen molar-refractivity contribution >= 4 is 54.4 Å². The van der Waals surface area contributed by atoms with E-state index < -0.39 is 25.1 Å². The molecule has 15 heteroatoms. The highest BCUT2D eigenvalue weighted by Gasteiger charge is 2.61. The minimum absolute atomic E-state index is 0.0702. The first kappa shape index (κ1) is 41.8. The van der Waals surface area contributed by atoms with Gasteiger partial charge in [0.25, 0.3) is 11.6 Å². The molecule has 5 heterocycles. The van der Waals surface area contributed by atoms with Gasteiger partial charge in [0, 0.05) is 30.0 Å². The zero-order valence-electron chi connectivity index (χ0n) is 33.1. The predicted octanol–water partition coefficient (Wildman–Crippen LogP) is 5.02. The number of rotatable bonds is 16. The number of nitro benzene ring substituents is 1. The number of hydrogen-bond donors (Lipinski definition) is 1. The zero-order valence-corrected chi connectivity index (χ0v) is 36.2. The maximum Gasteiger partial charge on any atom is 0.361 e. The Kier molecular flexibility index (Phi) is 12.7. The van der Waals surface area contributed by atoms with Crippen molar-refractivity contribution in [2.45, 2.75) is 71.3 Å². The van der Waals surface area contributed by atoms with E-state index >= 15 is 0 Å². The standard InChI is InChI=1S/C41H53IN5O8Si/c1-6-56(7-2,8-3)55-29(5)37-38-28(4)33(39(44(38)40(37)49)41(50)54-32-14-12-31(13-15-32)45(51)52)10-9-25-53-35-16-11-30(26-34(35)42)17-18-46-19-22-47(23-20-46,24-21-46)27-36(43)48/h11-16,26,28-29,37-38H,6-8,17-25,27H2,1-5H3,(H-,43,48)/q+1/p+1/t28-,29+,37+,38+,46?,47?/m0/s1. The van der Waals surface area contributed by atoms with Crippen molar-refractivity contribution in [1.82, 2.24) is 4.90 Å². The van der Waals surface area contributed by atoms with E-state index in [1.54, 1.807) is 0 Å². The van der Waals surface area contributed by atoms with Gasteiger partial charge in [-0.3, -0.25) is 19.7 Å². The lowest BCUT2D eigenvalue weighted by Crippen LogP contribution is -2.76. The van der Waals surface area contributed by atoms with E-state index in [1.807, 2.05) is 19.9 Å². The van der Waals surface area contributed by atoms with E-state index in [2.05, 4.69) is 67.3 Å². The molecule has 0 aromatic heterocycles. The second-order valence-electron chi connectivity index (χ2n) is 16.0. The molecule has 2 bridgehead atoms. The molecule has 4 saturated heterocycles. The van der Waals surface area contributed by atoms with Gasteiger partial charge < -0.3 is 33.5 Å². The number of amides is 2. The van der Waals surface area contributed by atoms with Crippen LogP contribution in [0.4, 0.5) is 5.69 Å². The number of fused-ring (bicyclic) bond motifs is 4. The normalized spacial score (nSPS) is 25.9. The monoisotopic (exact) mass is 899 g/mol. The van der Waals surface area contributed by atoms with Gasteiger partial charge in [-0.15, -0.1) is 0 Å². The molecule has 5 aliphatic rings. The van der Waals surface area contributed by atoms with E-state index in [4.69, 9.17) is 19.6 Å². The molecule has 0 aliphatic carbocycles. The number of β-lactam (4-membered cyclic amide) rings is 1. The number of halogens is 1. The summed E-state index contributed by atoms with van der Waals surface area (Å²) in [4.78, 5) is 51.4. The van der Waals surface area contributed by atoms with Crippen LogP contribution in [0.25, 0.3) is 0 Å². The number of benzene rings is 2. The molecular formula is C41H54IN5O8Si+2. The van der Waals surface area contributed by atoms with Crippen LogP contribution in [0.5, 0.6) is 11.5 Å². The zero-order chi connectivity index (χ0) is 40.4. The first-order chi connectivity index (χ1) is 26.7. The summed E-state index contributed by atoms with van der Waals surface area (Å²) in [6.45, 7) is 18.2. The van der Waals surface area contributed by atoms with Crippen LogP contribution in [0.3, 0.4) is 0 Å². The largest absolute Gasteiger partial charge is 0.480 e. The summed E-state index contributed by atoms with van der Waals surface area (Å²) >= 11 is 2.29. The van der Waals surface area contributed by atoms with Gasteiger partial charge in [0.05, 0.1) is 33.1 Å². The highest BCUT2D eigenvalue weighted by molar-refractivity contribution is 14.1. The van der Waals surface area contributed by atoms with Crippen LogP contribution in [0.2, 0.25) is 18.1 Å². The van der Waals surface area contributed by atoms with Crippen LogP contribution in [0.1, 0.15) is 40.2 Å². The van der Waals surface area contributed by atoms with Crippen molar-refractivity contribution in [1.29, 1.82) is 0 Å². The Bertz CT molecular complexity index is 1930. The summed E-state index contributed by atoms with van der Waals surface area (Å²) in [7, 11) is -2.01. The summed E-state index contributed by atoms with van der Waals surface area (Å²) in [6.07, 6.45) is 0.636. The first-order valence-electron chi connectivity index (χ1n) is 19.8. The molecule has 4 atom stereocenters. The molecule has 2 N–H and O–H groups in total. The summed E-state index contributed by atoms with van der Waals surface area (Å²) in [5, 5.41) is 11.2. The summed E-state index contributed by atoms with van der Waals surface area (Å²) in [6, 6.07) is 14.0. The average Bonchev–Trinajstić information content (AvgIpc) is 3.43. The van der Waals surface area contributed by atoms with Crippen LogP contribution in [-0.4, -0.2) is 116 Å². The number of piperazine rings is 3. The number of carbonyl (C=O) groups excluding carboxylic acids is 3. The maximum absolute atomic E-state index is 13.9. The minimum Gasteiger partial charge on any atom is -0.480 e. The van der Waals surface area contributed by atoms with Crippen LogP contribution in [0.15, 0.2) is 53.7 Å². The fourth-order valence-electron chi connectivity index (χ4n) is 9.24. The molecular weight excluding hydrogens is 845 g/mol. The Hall–Kier alpha value is -3.82. The van der Waals surface area contributed by atoms with Crippen molar-refractivity contribution in [2.75, 3.05) is 59.0 Å². The molecule has 300 valence electrons. The molecule has 0 saturated carbocycles. The molecule has 0 spiro atoms. The Labute approximate surface area is 344 Å². The number of hydrogen-bond acceptors (Lipinski definition) is 8. The van der Waals surface area contributed by atoms with E-state index in [9.17, 15) is 24.5 Å². The number of nitrogens with two attached hydrogens (primary N) is 1. The Balaban J connectivity index is 1.14. The lowest BCUT2D eigenvalue weighted by molar-refractivity contribution is -1.08. The molecule has 13 nitrogen and oxygen atoms in total. The lowest BCUT2D eigenvalue weighted by atomic mass is 9.78. The first-order valence-corrected chi connectivity index (χ1v) is 23.4. The molecule has 2 aromatic rings. The third-order valence-corrected chi connectivity index (χ3v) is 18.6. The Morgan fingerprint density at radius 2 is 1.66 bits per heavy atom. The topological polar surface area (TPSA) is 151 Å². The molecule has 56 heavy (non-hydrogen) atoms. The quantitative estimate of drug-likeness (QED) is 0.0284. The van der Waals surface area contributed by atoms with Crippen molar-refractivity contribution < 1.29 is 42.2 Å². The summed E-state index contributed by atoms with van der Waals surface area (Å²) in [5.74, 6) is 5.28. The van der Waals surface area contributed by atoms with Crippen molar-refractivity contribution in [3.63, 3.8) is 0 Å². The lowest BCUT2D eigenvalue weighted by Gasteiger charge is -2.55. The van der Waals surface area contributed by atoms with Gasteiger partial charge in [-0.25, -0.2) is 4.79 Å². The molecule has 2 aromatic carbocycles. The van der Waals surface area contributed by atoms with Crippen LogP contribution < -0.4 is 15.2 Å². The van der Waals surface area contributed by atoms with Gasteiger partial charge in [0.15, 0.2) is 14.9 Å². The van der Waals surface area contributed by atoms with Crippen molar-refractivity contribution in [3.05, 3.63) is 73.0 Å². The minimum atomic E-state index is -2.01. The molecule has 7 rings (SSSR count). The number of ether oxygens (including phenoxy) is 2. The predicted molar refractivity (Wildman–Crippen MR) is 222 cm³/mol. The summed E-state index contributed by atoms with van der Waals surface area (Å²) in [5.41, 5.74) is 7.26. The SMILES string of the molecule is CC[Si](CC)(CC)O[C@H](C)[C@H]1C(=O)N2C(C(=O)Oc3ccc([N+](=O)[O-])cc3)=C(C#CCOc3ccc(CC[N+]45CC[N+](CC(N)=O)(CC4)CC5)cc3I)[C@H](C)[C@H]12. The van der Waals surface area contributed by atoms with Gasteiger partial charge in [-0.1, -0.05) is 45.6 Å². The van der Waals surface area contributed by atoms with Crippen molar-refractivity contribution in [3.8, 4) is 23.3 Å². The van der Waals surface area contributed by atoms with Gasteiger partial charge in [0.1, 0.15) is 63.1 Å². The second kappa shape index (κ2) is 17.0. The molecule has 5 aliphatic heterocycles. The number of carbonyl (C=O) groups is 3. The fraction of sp³-hybridized carbons (Fsp3) is 0.537. The van der Waals surface area contributed by atoms with E-state index in [-0.39, 0.29) is 53.6 Å². The molecule has 4 fully saturated rings. The number of nitrogens with zero attached hydrogens (tertiary/aromatic N) is 4. The van der Waals surface area contributed by atoms with E-state index in [1.165, 1.54) is 34.7 Å². The van der Waals surface area contributed by atoms with Crippen LogP contribution >= 0.6 is 22.6 Å². The van der Waals surface area contributed by atoms with E-state index in [0.29, 0.717) is 17.9 Å². The number of non-ortho nitro benzene ring substituents is 1. The Morgan fingerprint density at radius 3 is 2.23 bits per heavy atom. The van der Waals surface area contributed by atoms with E-state index in [0.717, 1.165) is 82.9 Å². The summed E-state index contributed by atoms with van der Waals surface area (Å²) < 4.78 is 21.5. The third-order valence-electron chi connectivity index (χ3n) is 13.0. The van der Waals surface area contributed by atoms with Crippen molar-refractivity contribution in [2.24, 2.45) is 17.6 Å². The second-order valence-corrected chi connectivity index (χ2v) is 21.8. The maximum atomic E-state index is 13.9. The average molecular weight is 900 g/mol. The number of nitro groups is 1. The van der Waals surface area contributed by atoms with Crippen LogP contribution in [0, 0.1) is 37.4 Å². The third kappa shape index (κ3) is 8.40. The number of quaternary nitrogens is 2. The highest BCUT2D eigenvalue weighted by atomic mass is 127. The highest BCUT2D eigenvalue weighted by Crippen LogP contribution is 2.48. The number of primary amides is 1. The van der Waals surface area contributed by atoms with Gasteiger partial charge in [-0.2, -0.15) is 0 Å². The van der Waals surface area contributed by atoms with Crippen LogP contribution in [-0.2, 0) is 25.2 Å². The smallest absolute Gasteiger partial charge is 0.361 e. The molecule has 0 unspecified atom stereocenters. The van der Waals surface area contributed by atoms with Gasteiger partial charge in [0.2, 0.25) is 5.91 Å². The van der Waals surface area contributed by atoms with Gasteiger partial charge in [-0.05, 0) is 77.5 Å². The number of esters is 1. The molecule has 0 radical (unpaired) electrons. The van der Waals surface area contributed by atoms with Gasteiger partial charge >= 0.3 is 5.97 Å². The fourth-order valence-corrected chi connectivity index (χ4v) is 12.9.